The number of hydrogen-bond donors (Lipinski definition) is 2. The number of rotatable bonds is 6. The zero-order valence-corrected chi connectivity index (χ0v) is 16.4. The van der Waals surface area contributed by atoms with Gasteiger partial charge in [0.1, 0.15) is 11.3 Å². The van der Waals surface area contributed by atoms with Crippen molar-refractivity contribution >= 4 is 17.2 Å². The molecule has 32 heavy (non-hydrogen) atoms. The van der Waals surface area contributed by atoms with Gasteiger partial charge in [0.2, 0.25) is 0 Å². The molecule has 1 saturated carbocycles. The Morgan fingerprint density at radius 3 is 3.03 bits per heavy atom. The Hall–Kier alpha value is -4.33. The number of carbonyl (C=O) groups is 1. The van der Waals surface area contributed by atoms with Gasteiger partial charge in [-0.2, -0.15) is 24.2 Å². The third-order valence-corrected chi connectivity index (χ3v) is 5.28. The molecule has 0 unspecified atom stereocenters. The number of fused-ring (bicyclic) bond motifs is 1. The van der Waals surface area contributed by atoms with Crippen LogP contribution < -0.4 is 10.1 Å². The molecule has 9 nitrogen and oxygen atoms in total. The third kappa shape index (κ3) is 3.51. The van der Waals surface area contributed by atoms with Crippen LogP contribution in [0.4, 0.5) is 14.5 Å². The molecule has 0 radical (unpaired) electrons. The lowest BCUT2D eigenvalue weighted by Crippen LogP contribution is -2.12. The number of nitriles is 1. The van der Waals surface area contributed by atoms with Crippen molar-refractivity contribution in [3.8, 4) is 23.1 Å². The Labute approximate surface area is 179 Å². The first kappa shape index (κ1) is 19.6. The fraction of sp³-hybridized carbons (Fsp3) is 0.190. The Morgan fingerprint density at radius 1 is 1.38 bits per heavy atom. The maximum Gasteiger partial charge on any atom is 0.387 e. The lowest BCUT2D eigenvalue weighted by Gasteiger charge is -2.13. The number of aromatic nitrogens is 5. The van der Waals surface area contributed by atoms with Crippen molar-refractivity contribution in [2.75, 3.05) is 5.32 Å². The summed E-state index contributed by atoms with van der Waals surface area (Å²) in [5.74, 6) is -0.630. The van der Waals surface area contributed by atoms with Crippen molar-refractivity contribution in [2.45, 2.75) is 19.0 Å². The van der Waals surface area contributed by atoms with Crippen LogP contribution in [0.3, 0.4) is 0 Å². The Bertz CT molecular complexity index is 1360. The molecule has 11 heteroatoms. The van der Waals surface area contributed by atoms with Gasteiger partial charge in [-0.3, -0.25) is 9.89 Å². The topological polar surface area (TPSA) is 121 Å². The van der Waals surface area contributed by atoms with Crippen molar-refractivity contribution in [1.82, 2.24) is 24.8 Å². The van der Waals surface area contributed by atoms with Gasteiger partial charge in [0.05, 0.1) is 35.8 Å². The molecule has 160 valence electrons. The highest BCUT2D eigenvalue weighted by Gasteiger charge is 2.39. The van der Waals surface area contributed by atoms with E-state index in [1.54, 1.807) is 30.6 Å². The predicted octanol–water partition coefficient (Wildman–Crippen LogP) is 3.60. The predicted molar refractivity (Wildman–Crippen MR) is 108 cm³/mol. The molecule has 1 aliphatic rings. The van der Waals surface area contributed by atoms with E-state index < -0.39 is 12.5 Å². The summed E-state index contributed by atoms with van der Waals surface area (Å²) in [5.41, 5.74) is 2.31. The molecule has 3 heterocycles. The molecule has 1 fully saturated rings. The van der Waals surface area contributed by atoms with Crippen molar-refractivity contribution in [2.24, 2.45) is 5.92 Å². The number of carbonyl (C=O) groups excluding carboxylic acids is 1. The second-order valence-electron chi connectivity index (χ2n) is 7.27. The number of anilines is 1. The highest BCUT2D eigenvalue weighted by Crippen LogP contribution is 2.49. The van der Waals surface area contributed by atoms with Gasteiger partial charge in [0, 0.05) is 23.9 Å². The van der Waals surface area contributed by atoms with E-state index in [1.165, 1.54) is 23.0 Å². The molecule has 2 N–H and O–H groups in total. The molecule has 4 aromatic rings. The highest BCUT2D eigenvalue weighted by molar-refractivity contribution is 6.09. The maximum atomic E-state index is 13.0. The van der Waals surface area contributed by atoms with E-state index in [9.17, 15) is 13.6 Å². The number of alkyl halides is 2. The van der Waals surface area contributed by atoms with E-state index in [4.69, 9.17) is 5.26 Å². The zero-order chi connectivity index (χ0) is 22.2. The first-order chi connectivity index (χ1) is 15.5. The molecular weight excluding hydrogens is 420 g/mol. The Morgan fingerprint density at radius 2 is 2.25 bits per heavy atom. The Kier molecular flexibility index (Phi) is 4.74. The molecular formula is C21H15F2N7O2. The number of nitrogens with zero attached hydrogens (tertiary/aromatic N) is 5. The fourth-order valence-corrected chi connectivity index (χ4v) is 3.64. The number of aromatic amines is 1. The van der Waals surface area contributed by atoms with Crippen molar-refractivity contribution < 1.29 is 18.3 Å². The summed E-state index contributed by atoms with van der Waals surface area (Å²) in [6.45, 7) is -3.03. The van der Waals surface area contributed by atoms with E-state index in [0.29, 0.717) is 23.3 Å². The number of H-pyrrole nitrogens is 1. The molecule has 3 aromatic heterocycles. The number of hydrogen-bond acceptors (Lipinski definition) is 6. The lowest BCUT2D eigenvalue weighted by atomic mass is 10.0. The smallest absolute Gasteiger partial charge is 0.387 e. The normalized spacial score (nSPS) is 17.3. The first-order valence-corrected chi connectivity index (χ1v) is 9.67. The van der Waals surface area contributed by atoms with Gasteiger partial charge >= 0.3 is 6.61 Å². The average molecular weight is 435 g/mol. The van der Waals surface area contributed by atoms with Gasteiger partial charge in [-0.25, -0.2) is 9.50 Å². The highest BCUT2D eigenvalue weighted by atomic mass is 19.3. The van der Waals surface area contributed by atoms with Gasteiger partial charge in [0.15, 0.2) is 5.65 Å². The summed E-state index contributed by atoms with van der Waals surface area (Å²) >= 11 is 0. The quantitative estimate of drug-likeness (QED) is 0.477. The number of amides is 1. The molecule has 0 bridgehead atoms. The fourth-order valence-electron chi connectivity index (χ4n) is 3.64. The summed E-state index contributed by atoms with van der Waals surface area (Å²) in [6, 6.07) is 8.68. The minimum atomic E-state index is -3.03. The summed E-state index contributed by atoms with van der Waals surface area (Å²) < 4.78 is 32.1. The molecule has 1 aliphatic carbocycles. The Balaban J connectivity index is 1.50. The van der Waals surface area contributed by atoms with Gasteiger partial charge in [-0.05, 0) is 30.2 Å². The lowest BCUT2D eigenvalue weighted by molar-refractivity contribution is -0.0494. The maximum absolute atomic E-state index is 13.0. The summed E-state index contributed by atoms with van der Waals surface area (Å²) in [7, 11) is 0. The number of nitrogens with one attached hydrogen (secondary N) is 2. The third-order valence-electron chi connectivity index (χ3n) is 5.28. The molecule has 1 amide bonds. The average Bonchev–Trinajstić information content (AvgIpc) is 3.22. The van der Waals surface area contributed by atoms with E-state index in [0.717, 1.165) is 5.56 Å². The zero-order valence-electron chi connectivity index (χ0n) is 16.4. The monoisotopic (exact) mass is 435 g/mol. The molecule has 0 spiro atoms. The van der Waals surface area contributed by atoms with Crippen LogP contribution in [0.2, 0.25) is 0 Å². The standard InChI is InChI=1S/C21H15F2N7O2/c22-21(23)32-17-3-2-11(13-7-12(13)8-24)6-14(17)18-16(10-26-29-18)28-20(31)15-9-27-30-5-1-4-25-19(15)30/h1-6,9-10,12-13,21H,7H2,(H,26,29)(H,28,31)/t12-,13-/m1/s1. The van der Waals surface area contributed by atoms with Gasteiger partial charge in [-0.15, -0.1) is 0 Å². The number of halogens is 2. The van der Waals surface area contributed by atoms with Crippen LogP contribution in [0.5, 0.6) is 5.75 Å². The van der Waals surface area contributed by atoms with Crippen LogP contribution in [-0.2, 0) is 0 Å². The van der Waals surface area contributed by atoms with Crippen LogP contribution >= 0.6 is 0 Å². The largest absolute Gasteiger partial charge is 0.434 e. The summed E-state index contributed by atoms with van der Waals surface area (Å²) in [6.07, 6.45) is 6.68. The minimum Gasteiger partial charge on any atom is -0.434 e. The van der Waals surface area contributed by atoms with Crippen LogP contribution in [0.1, 0.15) is 28.3 Å². The molecule has 0 aliphatic heterocycles. The second kappa shape index (κ2) is 7.73. The first-order valence-electron chi connectivity index (χ1n) is 9.67. The van der Waals surface area contributed by atoms with Crippen LogP contribution in [0, 0.1) is 17.2 Å². The van der Waals surface area contributed by atoms with Gasteiger partial charge < -0.3 is 10.1 Å². The van der Waals surface area contributed by atoms with E-state index in [2.05, 4.69) is 36.4 Å². The SMILES string of the molecule is N#C[C@H]1C[C@@H]1c1ccc(OC(F)F)c(-c2[nH]ncc2NC(=O)c2cnn3cccnc23)c1. The van der Waals surface area contributed by atoms with E-state index >= 15 is 0 Å². The van der Waals surface area contributed by atoms with E-state index in [-0.39, 0.29) is 28.8 Å². The van der Waals surface area contributed by atoms with Crippen molar-refractivity contribution in [3.63, 3.8) is 0 Å². The summed E-state index contributed by atoms with van der Waals surface area (Å²) in [4.78, 5) is 17.0. The van der Waals surface area contributed by atoms with Crippen LogP contribution in [0.15, 0.2) is 49.1 Å². The number of benzene rings is 1. The summed E-state index contributed by atoms with van der Waals surface area (Å²) in [5, 5.41) is 22.7. The molecule has 2 atom stereocenters. The molecule has 5 rings (SSSR count). The van der Waals surface area contributed by atoms with Crippen LogP contribution in [-0.4, -0.2) is 37.3 Å². The van der Waals surface area contributed by atoms with Gasteiger partial charge in [-0.1, -0.05) is 6.07 Å². The van der Waals surface area contributed by atoms with E-state index in [1.807, 2.05) is 0 Å². The second-order valence-corrected chi connectivity index (χ2v) is 7.27. The minimum absolute atomic E-state index is 0.0326. The van der Waals surface area contributed by atoms with Crippen molar-refractivity contribution in [3.05, 3.63) is 60.2 Å². The molecule has 1 aromatic carbocycles. The van der Waals surface area contributed by atoms with Crippen LogP contribution in [0.25, 0.3) is 16.9 Å². The molecule has 0 saturated heterocycles. The van der Waals surface area contributed by atoms with Crippen molar-refractivity contribution in [1.29, 1.82) is 5.26 Å². The van der Waals surface area contributed by atoms with Gasteiger partial charge in [0.25, 0.3) is 5.91 Å². The number of ether oxygens (including phenoxy) is 1.